The average Bonchev–Trinajstić information content (AvgIpc) is 2.99. The molecule has 0 aromatic rings. The zero-order valence-corrected chi connectivity index (χ0v) is 28.3. The molecule has 0 bridgehead atoms. The highest BCUT2D eigenvalue weighted by molar-refractivity contribution is 7.47. The number of amides is 1. The minimum absolute atomic E-state index is 0.0749. The molecule has 0 aromatic carbocycles. The van der Waals surface area contributed by atoms with Gasteiger partial charge in [-0.3, -0.25) is 13.8 Å². The van der Waals surface area contributed by atoms with Gasteiger partial charge in [-0.05, 0) is 51.4 Å². The summed E-state index contributed by atoms with van der Waals surface area (Å²) in [6.45, 7) is 4.03. The fourth-order valence-electron chi connectivity index (χ4n) is 4.57. The van der Waals surface area contributed by atoms with Crippen molar-refractivity contribution < 1.29 is 28.4 Å². The third kappa shape index (κ3) is 29.2. The number of aliphatic hydroxyl groups is 1. The van der Waals surface area contributed by atoms with E-state index >= 15 is 0 Å². The van der Waals surface area contributed by atoms with Crippen LogP contribution in [0.4, 0.5) is 0 Å². The molecule has 0 radical (unpaired) electrons. The van der Waals surface area contributed by atoms with Crippen LogP contribution >= 0.6 is 7.82 Å². The van der Waals surface area contributed by atoms with Crippen LogP contribution in [0.2, 0.25) is 0 Å². The van der Waals surface area contributed by atoms with Crippen molar-refractivity contribution >= 4 is 13.7 Å². The molecule has 0 aliphatic heterocycles. The molecule has 8 nitrogen and oxygen atoms in total. The third-order valence-electron chi connectivity index (χ3n) is 7.21. The number of hydrogen-bond acceptors (Lipinski definition) is 6. The summed E-state index contributed by atoms with van der Waals surface area (Å²) in [5.74, 6) is -0.214. The molecule has 3 unspecified atom stereocenters. The van der Waals surface area contributed by atoms with Crippen molar-refractivity contribution in [1.29, 1.82) is 0 Å². The molecule has 0 spiro atoms. The van der Waals surface area contributed by atoms with Gasteiger partial charge in [0.2, 0.25) is 5.91 Å². The Labute approximate surface area is 263 Å². The Hall–Kier alpha value is -1.28. The first-order valence-corrected chi connectivity index (χ1v) is 18.6. The van der Waals surface area contributed by atoms with Gasteiger partial charge in [-0.1, -0.05) is 121 Å². The predicted molar refractivity (Wildman–Crippen MR) is 180 cm³/mol. The molecule has 5 N–H and O–H groups in total. The Balaban J connectivity index is 4.33. The summed E-state index contributed by atoms with van der Waals surface area (Å²) in [6, 6.07) is -0.863. The molecule has 1 amide bonds. The van der Waals surface area contributed by atoms with Crippen molar-refractivity contribution in [3.8, 4) is 0 Å². The molecule has 0 aromatic heterocycles. The summed E-state index contributed by atoms with van der Waals surface area (Å²) < 4.78 is 21.9. The van der Waals surface area contributed by atoms with Gasteiger partial charge < -0.3 is 21.1 Å². The van der Waals surface area contributed by atoms with Gasteiger partial charge in [0.1, 0.15) is 0 Å². The number of carbonyl (C=O) groups excluding carboxylic acids is 1. The maximum atomic E-state index is 12.6. The Morgan fingerprint density at radius 3 is 1.86 bits per heavy atom. The van der Waals surface area contributed by atoms with Crippen LogP contribution in [0.3, 0.4) is 0 Å². The number of unbranched alkanes of at least 4 members (excludes halogenated alkanes) is 15. The van der Waals surface area contributed by atoms with Crippen LogP contribution in [-0.4, -0.2) is 47.8 Å². The van der Waals surface area contributed by atoms with E-state index in [0.29, 0.717) is 6.42 Å². The fourth-order valence-corrected chi connectivity index (χ4v) is 5.33. The summed E-state index contributed by atoms with van der Waals surface area (Å²) in [5.41, 5.74) is 5.33. The zero-order valence-electron chi connectivity index (χ0n) is 27.4. The van der Waals surface area contributed by atoms with E-state index in [4.69, 9.17) is 14.8 Å². The van der Waals surface area contributed by atoms with Gasteiger partial charge in [0.25, 0.3) is 0 Å². The molecule has 0 heterocycles. The lowest BCUT2D eigenvalue weighted by Gasteiger charge is -2.23. The van der Waals surface area contributed by atoms with Gasteiger partial charge in [-0.2, -0.15) is 0 Å². The molecule has 9 heteroatoms. The fraction of sp³-hybridized carbons (Fsp3) is 0.794. The van der Waals surface area contributed by atoms with E-state index in [1.165, 1.54) is 57.8 Å². The number of allylic oxidation sites excluding steroid dienone is 5. The number of carbonyl (C=O) groups is 1. The Morgan fingerprint density at radius 2 is 1.28 bits per heavy atom. The first kappa shape index (κ1) is 41.7. The minimum Gasteiger partial charge on any atom is -0.387 e. The van der Waals surface area contributed by atoms with E-state index in [1.807, 2.05) is 6.08 Å². The predicted octanol–water partition coefficient (Wildman–Crippen LogP) is 8.43. The van der Waals surface area contributed by atoms with Crippen molar-refractivity contribution in [1.82, 2.24) is 5.32 Å². The highest BCUT2D eigenvalue weighted by Crippen LogP contribution is 2.43. The summed E-state index contributed by atoms with van der Waals surface area (Å²) in [6.07, 6.45) is 33.4. The van der Waals surface area contributed by atoms with E-state index in [1.54, 1.807) is 6.08 Å². The first-order valence-electron chi connectivity index (χ1n) is 17.1. The van der Waals surface area contributed by atoms with E-state index in [2.05, 4.69) is 43.5 Å². The number of phosphoric ester groups is 1. The minimum atomic E-state index is -4.33. The second-order valence-corrected chi connectivity index (χ2v) is 12.8. The Kier molecular flexibility index (Phi) is 29.8. The lowest BCUT2D eigenvalue weighted by atomic mass is 10.1. The molecule has 43 heavy (non-hydrogen) atoms. The van der Waals surface area contributed by atoms with Crippen LogP contribution in [0.1, 0.15) is 142 Å². The molecule has 0 aliphatic carbocycles. The highest BCUT2D eigenvalue weighted by Gasteiger charge is 2.26. The third-order valence-corrected chi connectivity index (χ3v) is 8.19. The standard InChI is InChI=1S/C34H65N2O6P/c1-3-5-7-9-11-13-14-15-16-17-18-19-20-22-24-26-28-34(38)36-32(31-42-43(39,40)41-30-29-35)33(37)27-25-23-21-12-10-8-6-4-2/h13-14,16-17,25,27,32-33,37H,3-12,15,18-24,26,28-31,35H2,1-2H3,(H,36,38)(H,39,40)/b14-13-,17-16-,27-25+. The van der Waals surface area contributed by atoms with Crippen molar-refractivity contribution in [2.24, 2.45) is 5.73 Å². The van der Waals surface area contributed by atoms with E-state index in [0.717, 1.165) is 64.2 Å². The van der Waals surface area contributed by atoms with Gasteiger partial charge >= 0.3 is 7.82 Å². The van der Waals surface area contributed by atoms with E-state index in [-0.39, 0.29) is 25.7 Å². The van der Waals surface area contributed by atoms with Crippen molar-refractivity contribution in [3.63, 3.8) is 0 Å². The smallest absolute Gasteiger partial charge is 0.387 e. The normalized spacial score (nSPS) is 15.0. The van der Waals surface area contributed by atoms with E-state index < -0.39 is 20.0 Å². The van der Waals surface area contributed by atoms with Gasteiger partial charge in [0.15, 0.2) is 0 Å². The molecule has 0 fully saturated rings. The largest absolute Gasteiger partial charge is 0.472 e. The van der Waals surface area contributed by atoms with Crippen molar-refractivity contribution in [2.75, 3.05) is 19.8 Å². The Morgan fingerprint density at radius 1 is 0.767 bits per heavy atom. The molecule has 252 valence electrons. The molecule has 0 aliphatic rings. The topological polar surface area (TPSA) is 131 Å². The molecular formula is C34H65N2O6P. The average molecular weight is 629 g/mol. The molecule has 0 saturated carbocycles. The maximum absolute atomic E-state index is 12.6. The maximum Gasteiger partial charge on any atom is 0.472 e. The van der Waals surface area contributed by atoms with Crippen molar-refractivity contribution in [2.45, 2.75) is 154 Å². The molecule has 3 atom stereocenters. The Bertz CT molecular complexity index is 774. The number of nitrogens with two attached hydrogens (primary N) is 1. The lowest BCUT2D eigenvalue weighted by molar-refractivity contribution is -0.123. The van der Waals surface area contributed by atoms with Crippen LogP contribution < -0.4 is 11.1 Å². The number of nitrogens with one attached hydrogen (secondary N) is 1. The molecule has 0 saturated heterocycles. The zero-order chi connectivity index (χ0) is 31.9. The number of phosphoric acid groups is 1. The number of rotatable bonds is 31. The molecule has 0 rings (SSSR count). The monoisotopic (exact) mass is 628 g/mol. The number of hydrogen-bond donors (Lipinski definition) is 4. The number of aliphatic hydroxyl groups excluding tert-OH is 1. The van der Waals surface area contributed by atoms with Gasteiger partial charge in [-0.15, -0.1) is 0 Å². The van der Waals surface area contributed by atoms with Gasteiger partial charge in [0.05, 0.1) is 25.4 Å². The van der Waals surface area contributed by atoms with Crippen LogP contribution in [0, 0.1) is 0 Å². The summed E-state index contributed by atoms with van der Waals surface area (Å²) in [7, 11) is -4.33. The summed E-state index contributed by atoms with van der Waals surface area (Å²) in [5, 5.41) is 13.5. The van der Waals surface area contributed by atoms with Gasteiger partial charge in [0, 0.05) is 13.0 Å². The second-order valence-electron chi connectivity index (χ2n) is 11.4. The van der Waals surface area contributed by atoms with Gasteiger partial charge in [-0.25, -0.2) is 4.57 Å². The second kappa shape index (κ2) is 30.7. The highest BCUT2D eigenvalue weighted by atomic mass is 31.2. The van der Waals surface area contributed by atoms with Crippen LogP contribution in [0.25, 0.3) is 0 Å². The lowest BCUT2D eigenvalue weighted by Crippen LogP contribution is -2.45. The van der Waals surface area contributed by atoms with Crippen LogP contribution in [0.5, 0.6) is 0 Å². The van der Waals surface area contributed by atoms with Crippen LogP contribution in [-0.2, 0) is 18.4 Å². The quantitative estimate of drug-likeness (QED) is 0.0344. The van der Waals surface area contributed by atoms with E-state index in [9.17, 15) is 19.4 Å². The summed E-state index contributed by atoms with van der Waals surface area (Å²) >= 11 is 0. The first-order chi connectivity index (χ1) is 20.9. The van der Waals surface area contributed by atoms with Crippen molar-refractivity contribution in [3.05, 3.63) is 36.5 Å². The summed E-state index contributed by atoms with van der Waals surface area (Å²) in [4.78, 5) is 22.4. The molecular weight excluding hydrogens is 563 g/mol. The van der Waals surface area contributed by atoms with Crippen LogP contribution in [0.15, 0.2) is 36.5 Å². The SMILES string of the molecule is CCCCCC/C=C\C/C=C\CCCCCCCC(=O)NC(COP(=O)(O)OCCN)C(O)/C=C/CCCCCCCC.